The normalized spacial score (nSPS) is 16.4. The van der Waals surface area contributed by atoms with E-state index in [1.807, 2.05) is 16.7 Å². The SMILES string of the molecule is Nc1ncc(C=CC(=O)N2CCSCC2)cn1. The Morgan fingerprint density at radius 2 is 2.00 bits per heavy atom. The van der Waals surface area contributed by atoms with E-state index in [9.17, 15) is 4.79 Å². The summed E-state index contributed by atoms with van der Waals surface area (Å²) in [5.74, 6) is 2.32. The number of thioether (sulfide) groups is 1. The summed E-state index contributed by atoms with van der Waals surface area (Å²) >= 11 is 1.88. The van der Waals surface area contributed by atoms with E-state index in [-0.39, 0.29) is 11.9 Å². The highest BCUT2D eigenvalue weighted by atomic mass is 32.2. The molecule has 0 atom stereocenters. The van der Waals surface area contributed by atoms with Crippen LogP contribution in [0, 0.1) is 0 Å². The molecular weight excluding hydrogens is 236 g/mol. The number of anilines is 1. The standard InChI is InChI=1S/C11H14N4OS/c12-11-13-7-9(8-14-11)1-2-10(16)15-3-5-17-6-4-15/h1-2,7-8H,3-6H2,(H2,12,13,14). The highest BCUT2D eigenvalue weighted by Gasteiger charge is 2.13. The number of hydrogen-bond donors (Lipinski definition) is 1. The lowest BCUT2D eigenvalue weighted by Gasteiger charge is -2.25. The number of nitrogen functional groups attached to an aromatic ring is 1. The summed E-state index contributed by atoms with van der Waals surface area (Å²) in [4.78, 5) is 21.4. The zero-order valence-corrected chi connectivity index (χ0v) is 10.2. The van der Waals surface area contributed by atoms with Gasteiger partial charge in [-0.25, -0.2) is 9.97 Å². The molecule has 1 aromatic heterocycles. The molecule has 6 heteroatoms. The minimum atomic E-state index is 0.0436. The fourth-order valence-corrected chi connectivity index (χ4v) is 2.39. The number of hydrogen-bond acceptors (Lipinski definition) is 5. The van der Waals surface area contributed by atoms with Crippen LogP contribution in [0.1, 0.15) is 5.56 Å². The maximum Gasteiger partial charge on any atom is 0.246 e. The fourth-order valence-electron chi connectivity index (χ4n) is 1.49. The van der Waals surface area contributed by atoms with Gasteiger partial charge >= 0.3 is 0 Å². The summed E-state index contributed by atoms with van der Waals surface area (Å²) in [5.41, 5.74) is 6.15. The summed E-state index contributed by atoms with van der Waals surface area (Å²) in [7, 11) is 0. The first kappa shape index (κ1) is 11.9. The van der Waals surface area contributed by atoms with E-state index in [1.165, 1.54) is 0 Å². The van der Waals surface area contributed by atoms with Crippen molar-refractivity contribution in [2.75, 3.05) is 30.3 Å². The van der Waals surface area contributed by atoms with E-state index in [4.69, 9.17) is 5.73 Å². The molecule has 0 bridgehead atoms. The van der Waals surface area contributed by atoms with Crippen LogP contribution in [0.15, 0.2) is 18.5 Å². The van der Waals surface area contributed by atoms with Crippen LogP contribution in [0.4, 0.5) is 5.95 Å². The molecule has 1 saturated heterocycles. The van der Waals surface area contributed by atoms with Gasteiger partial charge in [0.25, 0.3) is 0 Å². The molecule has 1 aliphatic heterocycles. The first-order valence-corrected chi connectivity index (χ1v) is 6.53. The lowest BCUT2D eigenvalue weighted by Crippen LogP contribution is -2.36. The Hall–Kier alpha value is -1.56. The zero-order chi connectivity index (χ0) is 12.1. The molecule has 2 heterocycles. The Morgan fingerprint density at radius 1 is 1.35 bits per heavy atom. The first-order valence-electron chi connectivity index (χ1n) is 5.38. The van der Waals surface area contributed by atoms with E-state index in [0.717, 1.165) is 30.2 Å². The Bertz CT molecular complexity index is 412. The van der Waals surface area contributed by atoms with E-state index in [1.54, 1.807) is 24.5 Å². The minimum absolute atomic E-state index is 0.0436. The van der Waals surface area contributed by atoms with E-state index >= 15 is 0 Å². The van der Waals surface area contributed by atoms with Crippen molar-refractivity contribution in [2.45, 2.75) is 0 Å². The molecule has 0 radical (unpaired) electrons. The number of nitrogens with two attached hydrogens (primary N) is 1. The summed E-state index contributed by atoms with van der Waals surface area (Å²) < 4.78 is 0. The van der Waals surface area contributed by atoms with E-state index < -0.39 is 0 Å². The molecule has 0 saturated carbocycles. The van der Waals surface area contributed by atoms with Crippen molar-refractivity contribution in [1.82, 2.24) is 14.9 Å². The van der Waals surface area contributed by atoms with Crippen molar-refractivity contribution in [3.8, 4) is 0 Å². The lowest BCUT2D eigenvalue weighted by molar-refractivity contribution is -0.125. The van der Waals surface area contributed by atoms with Crippen LogP contribution in [-0.2, 0) is 4.79 Å². The second-order valence-electron chi connectivity index (χ2n) is 3.65. The van der Waals surface area contributed by atoms with Crippen LogP contribution in [0.5, 0.6) is 0 Å². The van der Waals surface area contributed by atoms with Crippen molar-refractivity contribution in [3.63, 3.8) is 0 Å². The average molecular weight is 250 g/mol. The molecule has 0 aromatic carbocycles. The molecule has 0 unspecified atom stereocenters. The van der Waals surface area contributed by atoms with Gasteiger partial charge in [0.1, 0.15) is 0 Å². The van der Waals surface area contributed by atoms with Gasteiger partial charge in [-0.3, -0.25) is 4.79 Å². The summed E-state index contributed by atoms with van der Waals surface area (Å²) in [5, 5.41) is 0. The largest absolute Gasteiger partial charge is 0.368 e. The van der Waals surface area contributed by atoms with Gasteiger partial charge in [-0.2, -0.15) is 11.8 Å². The number of aromatic nitrogens is 2. The zero-order valence-electron chi connectivity index (χ0n) is 9.37. The third-order valence-electron chi connectivity index (χ3n) is 2.43. The van der Waals surface area contributed by atoms with Gasteiger partial charge in [-0.1, -0.05) is 0 Å². The van der Waals surface area contributed by atoms with Gasteiger partial charge in [-0.15, -0.1) is 0 Å². The van der Waals surface area contributed by atoms with Crippen molar-refractivity contribution >= 4 is 29.7 Å². The lowest BCUT2D eigenvalue weighted by atomic mass is 10.3. The van der Waals surface area contributed by atoms with E-state index in [2.05, 4.69) is 9.97 Å². The van der Waals surface area contributed by atoms with Crippen LogP contribution in [0.2, 0.25) is 0 Å². The fraction of sp³-hybridized carbons (Fsp3) is 0.364. The molecule has 2 N–H and O–H groups in total. The second kappa shape index (κ2) is 5.67. The monoisotopic (exact) mass is 250 g/mol. The van der Waals surface area contributed by atoms with Gasteiger partial charge in [0.15, 0.2) is 0 Å². The Morgan fingerprint density at radius 3 is 2.65 bits per heavy atom. The quantitative estimate of drug-likeness (QED) is 0.780. The van der Waals surface area contributed by atoms with Crippen LogP contribution in [0.3, 0.4) is 0 Å². The van der Waals surface area contributed by atoms with Gasteiger partial charge in [0.2, 0.25) is 11.9 Å². The molecule has 1 aliphatic rings. The summed E-state index contributed by atoms with van der Waals surface area (Å²) in [6.45, 7) is 1.65. The van der Waals surface area contributed by atoms with E-state index in [0.29, 0.717) is 0 Å². The Balaban J connectivity index is 1.95. The van der Waals surface area contributed by atoms with Gasteiger partial charge in [-0.05, 0) is 6.08 Å². The molecule has 2 rings (SSSR count). The Labute approximate surface area is 104 Å². The third kappa shape index (κ3) is 3.45. The topological polar surface area (TPSA) is 72.1 Å². The molecule has 1 amide bonds. The number of rotatable bonds is 2. The molecule has 5 nitrogen and oxygen atoms in total. The number of amides is 1. The van der Waals surface area contributed by atoms with Crippen LogP contribution in [-0.4, -0.2) is 45.4 Å². The van der Waals surface area contributed by atoms with Gasteiger partial charge in [0, 0.05) is 48.6 Å². The minimum Gasteiger partial charge on any atom is -0.368 e. The average Bonchev–Trinajstić information content (AvgIpc) is 2.39. The van der Waals surface area contributed by atoms with Gasteiger partial charge in [0.05, 0.1) is 0 Å². The van der Waals surface area contributed by atoms with Crippen molar-refractivity contribution in [3.05, 3.63) is 24.0 Å². The summed E-state index contributed by atoms with van der Waals surface area (Å²) in [6.07, 6.45) is 6.46. The van der Waals surface area contributed by atoms with Crippen LogP contribution in [0.25, 0.3) is 6.08 Å². The highest BCUT2D eigenvalue weighted by molar-refractivity contribution is 7.99. The molecule has 0 spiro atoms. The molecular formula is C11H14N4OS. The molecule has 90 valence electrons. The maximum absolute atomic E-state index is 11.8. The summed E-state index contributed by atoms with van der Waals surface area (Å²) in [6, 6.07) is 0. The smallest absolute Gasteiger partial charge is 0.246 e. The Kier molecular flexibility index (Phi) is 3.98. The van der Waals surface area contributed by atoms with Crippen molar-refractivity contribution in [1.29, 1.82) is 0 Å². The van der Waals surface area contributed by atoms with Gasteiger partial charge < -0.3 is 10.6 Å². The molecule has 17 heavy (non-hydrogen) atoms. The number of carbonyl (C=O) groups is 1. The maximum atomic E-state index is 11.8. The third-order valence-corrected chi connectivity index (χ3v) is 3.38. The highest BCUT2D eigenvalue weighted by Crippen LogP contribution is 2.10. The first-order chi connectivity index (χ1) is 8.25. The second-order valence-corrected chi connectivity index (χ2v) is 4.87. The van der Waals surface area contributed by atoms with Crippen molar-refractivity contribution < 1.29 is 4.79 Å². The predicted molar refractivity (Wildman–Crippen MR) is 69.4 cm³/mol. The predicted octanol–water partition coefficient (Wildman–Crippen LogP) is 0.647. The molecule has 1 aromatic rings. The van der Waals surface area contributed by atoms with Crippen LogP contribution < -0.4 is 5.73 Å². The molecule has 1 fully saturated rings. The van der Waals surface area contributed by atoms with Crippen molar-refractivity contribution in [2.24, 2.45) is 0 Å². The van der Waals surface area contributed by atoms with Crippen LogP contribution >= 0.6 is 11.8 Å². The number of carbonyl (C=O) groups excluding carboxylic acids is 1. The number of nitrogens with zero attached hydrogens (tertiary/aromatic N) is 3. The molecule has 0 aliphatic carbocycles.